The summed E-state index contributed by atoms with van der Waals surface area (Å²) in [7, 11) is 0. The summed E-state index contributed by atoms with van der Waals surface area (Å²) in [4.78, 5) is 17.1. The normalized spacial score (nSPS) is 28.1. The molecule has 2 fully saturated rings. The van der Waals surface area contributed by atoms with Gasteiger partial charge in [0.25, 0.3) is 5.91 Å². The van der Waals surface area contributed by atoms with Gasteiger partial charge in [0.05, 0.1) is 5.69 Å². The average molecular weight is 387 g/mol. The summed E-state index contributed by atoms with van der Waals surface area (Å²) in [5.41, 5.74) is 0.920. The molecule has 3 heterocycles. The van der Waals surface area contributed by atoms with E-state index in [1.165, 1.54) is 32.1 Å². The number of nitrogens with zero attached hydrogens (tertiary/aromatic N) is 2. The third kappa shape index (κ3) is 4.20. The second kappa shape index (κ2) is 8.83. The number of ether oxygens (including phenoxy) is 2. The van der Waals surface area contributed by atoms with E-state index in [2.05, 4.69) is 18.7 Å². The van der Waals surface area contributed by atoms with Crippen molar-refractivity contribution in [3.63, 3.8) is 0 Å². The zero-order valence-electron chi connectivity index (χ0n) is 17.3. The maximum Gasteiger partial charge on any atom is 0.265 e. The maximum absolute atomic E-state index is 12.5. The molecule has 0 N–H and O–H groups in total. The van der Waals surface area contributed by atoms with Gasteiger partial charge in [-0.05, 0) is 63.0 Å². The minimum Gasteiger partial charge on any atom is -0.482 e. The molecule has 2 saturated heterocycles. The van der Waals surface area contributed by atoms with Crippen molar-refractivity contribution in [2.24, 2.45) is 11.8 Å². The number of piperidine rings is 1. The van der Waals surface area contributed by atoms with E-state index in [9.17, 15) is 4.79 Å². The highest BCUT2D eigenvalue weighted by atomic mass is 16.5. The Hall–Kier alpha value is -1.59. The molecule has 5 heteroatoms. The van der Waals surface area contributed by atoms with Crippen LogP contribution in [0.5, 0.6) is 5.75 Å². The van der Waals surface area contributed by atoms with Crippen LogP contribution in [-0.2, 0) is 9.53 Å². The van der Waals surface area contributed by atoms with Crippen molar-refractivity contribution < 1.29 is 14.3 Å². The number of fused-ring (bicyclic) bond motifs is 3. The predicted molar refractivity (Wildman–Crippen MR) is 111 cm³/mol. The van der Waals surface area contributed by atoms with Crippen molar-refractivity contribution >= 4 is 11.6 Å². The van der Waals surface area contributed by atoms with Crippen molar-refractivity contribution in [2.75, 3.05) is 37.8 Å². The number of carbonyl (C=O) groups is 1. The van der Waals surface area contributed by atoms with Crippen LogP contribution in [0.3, 0.4) is 0 Å². The Morgan fingerprint density at radius 3 is 2.68 bits per heavy atom. The molecule has 2 bridgehead atoms. The van der Waals surface area contributed by atoms with Gasteiger partial charge in [0.2, 0.25) is 0 Å². The van der Waals surface area contributed by atoms with Crippen LogP contribution in [0.15, 0.2) is 24.3 Å². The third-order valence-electron chi connectivity index (χ3n) is 6.68. The third-order valence-corrected chi connectivity index (χ3v) is 6.68. The van der Waals surface area contributed by atoms with Crippen LogP contribution >= 0.6 is 0 Å². The lowest BCUT2D eigenvalue weighted by atomic mass is 9.88. The molecule has 0 saturated carbocycles. The number of hydrogen-bond donors (Lipinski definition) is 0. The average Bonchev–Trinajstić information content (AvgIpc) is 2.92. The lowest BCUT2D eigenvalue weighted by molar-refractivity contribution is -0.121. The number of benzene rings is 1. The Bertz CT molecular complexity index is 666. The Kier molecular flexibility index (Phi) is 6.22. The van der Waals surface area contributed by atoms with Crippen molar-refractivity contribution in [3.8, 4) is 5.75 Å². The number of anilines is 1. The van der Waals surface area contributed by atoms with Gasteiger partial charge in [-0.1, -0.05) is 19.1 Å². The molecule has 4 rings (SSSR count). The number of hydrogen-bond acceptors (Lipinski definition) is 4. The van der Waals surface area contributed by atoms with Crippen LogP contribution in [-0.4, -0.2) is 55.8 Å². The molecule has 0 unspecified atom stereocenters. The second-order valence-corrected chi connectivity index (χ2v) is 8.77. The van der Waals surface area contributed by atoms with Gasteiger partial charge in [0.1, 0.15) is 5.75 Å². The molecule has 0 spiro atoms. The van der Waals surface area contributed by atoms with Crippen molar-refractivity contribution in [1.29, 1.82) is 0 Å². The lowest BCUT2D eigenvalue weighted by Crippen LogP contribution is -2.48. The van der Waals surface area contributed by atoms with Gasteiger partial charge in [-0.15, -0.1) is 0 Å². The fourth-order valence-corrected chi connectivity index (χ4v) is 5.40. The van der Waals surface area contributed by atoms with Crippen molar-refractivity contribution in [3.05, 3.63) is 24.3 Å². The SMILES string of the molecule is CCOCC[C@H]1C[C@H]2CC[C@@H](C1)N2C[C@@H](C)CN1C(=O)COc2ccccc21. The second-order valence-electron chi connectivity index (χ2n) is 8.77. The Balaban J connectivity index is 1.34. The van der Waals surface area contributed by atoms with E-state index in [0.29, 0.717) is 5.92 Å². The molecule has 1 aromatic carbocycles. The number of amides is 1. The predicted octanol–water partition coefficient (Wildman–Crippen LogP) is 3.72. The Labute approximate surface area is 169 Å². The lowest BCUT2D eigenvalue weighted by Gasteiger charge is -2.41. The van der Waals surface area contributed by atoms with Gasteiger partial charge in [0.15, 0.2) is 6.61 Å². The van der Waals surface area contributed by atoms with Crippen LogP contribution < -0.4 is 9.64 Å². The molecule has 0 aliphatic carbocycles. The fraction of sp³-hybridized carbons (Fsp3) is 0.696. The highest BCUT2D eigenvalue weighted by molar-refractivity contribution is 5.97. The van der Waals surface area contributed by atoms with E-state index in [0.717, 1.165) is 55.7 Å². The van der Waals surface area contributed by atoms with E-state index >= 15 is 0 Å². The van der Waals surface area contributed by atoms with E-state index in [4.69, 9.17) is 9.47 Å². The zero-order valence-corrected chi connectivity index (χ0v) is 17.3. The van der Waals surface area contributed by atoms with Crippen LogP contribution in [0, 0.1) is 11.8 Å². The first-order valence-electron chi connectivity index (χ1n) is 11.0. The molecule has 0 aromatic heterocycles. The maximum atomic E-state index is 12.5. The molecule has 154 valence electrons. The van der Waals surface area contributed by atoms with Gasteiger partial charge >= 0.3 is 0 Å². The van der Waals surface area contributed by atoms with Gasteiger partial charge in [-0.2, -0.15) is 0 Å². The first-order valence-corrected chi connectivity index (χ1v) is 11.0. The zero-order chi connectivity index (χ0) is 19.5. The number of rotatable bonds is 8. The van der Waals surface area contributed by atoms with Gasteiger partial charge in [0, 0.05) is 38.4 Å². The monoisotopic (exact) mass is 386 g/mol. The fourth-order valence-electron chi connectivity index (χ4n) is 5.40. The van der Waals surface area contributed by atoms with Gasteiger partial charge in [-0.3, -0.25) is 9.69 Å². The first kappa shape index (κ1) is 19.7. The van der Waals surface area contributed by atoms with Crippen LogP contribution in [0.4, 0.5) is 5.69 Å². The molecule has 3 aliphatic heterocycles. The summed E-state index contributed by atoms with van der Waals surface area (Å²) in [6.07, 6.45) is 6.51. The molecule has 3 aliphatic rings. The quantitative estimate of drug-likeness (QED) is 0.639. The smallest absolute Gasteiger partial charge is 0.265 e. The standard InChI is InChI=1S/C23H34N2O3/c1-3-27-11-10-18-12-19-8-9-20(13-18)24(19)14-17(2)15-25-21-6-4-5-7-22(21)28-16-23(25)26/h4-7,17-20H,3,8-16H2,1-2H3/t17-,18-,19+,20-/m1/s1. The summed E-state index contributed by atoms with van der Waals surface area (Å²) < 4.78 is 11.2. The molecule has 0 radical (unpaired) electrons. The number of para-hydroxylation sites is 2. The van der Waals surface area contributed by atoms with Crippen LogP contribution in [0.2, 0.25) is 0 Å². The van der Waals surface area contributed by atoms with E-state index in [1.807, 2.05) is 29.2 Å². The first-order chi connectivity index (χ1) is 13.7. The minimum atomic E-state index is 0.0724. The summed E-state index contributed by atoms with van der Waals surface area (Å²) in [5.74, 6) is 2.16. The summed E-state index contributed by atoms with van der Waals surface area (Å²) in [6, 6.07) is 9.33. The van der Waals surface area contributed by atoms with E-state index < -0.39 is 0 Å². The molecular weight excluding hydrogens is 352 g/mol. The number of carbonyl (C=O) groups excluding carboxylic acids is 1. The highest BCUT2D eigenvalue weighted by Crippen LogP contribution is 2.40. The molecule has 1 aromatic rings. The summed E-state index contributed by atoms with van der Waals surface area (Å²) in [6.45, 7) is 8.10. The molecule has 28 heavy (non-hydrogen) atoms. The molecule has 1 amide bonds. The van der Waals surface area contributed by atoms with E-state index in [-0.39, 0.29) is 12.5 Å². The summed E-state index contributed by atoms with van der Waals surface area (Å²) >= 11 is 0. The minimum absolute atomic E-state index is 0.0724. The largest absolute Gasteiger partial charge is 0.482 e. The van der Waals surface area contributed by atoms with Crippen LogP contribution in [0.25, 0.3) is 0 Å². The topological polar surface area (TPSA) is 42.0 Å². The molecule has 5 nitrogen and oxygen atoms in total. The van der Waals surface area contributed by atoms with Crippen molar-refractivity contribution in [1.82, 2.24) is 4.90 Å². The highest BCUT2D eigenvalue weighted by Gasteiger charge is 2.41. The van der Waals surface area contributed by atoms with Crippen LogP contribution in [0.1, 0.15) is 46.0 Å². The Morgan fingerprint density at radius 2 is 1.93 bits per heavy atom. The molecule has 4 atom stereocenters. The van der Waals surface area contributed by atoms with Crippen molar-refractivity contribution in [2.45, 2.75) is 58.0 Å². The Morgan fingerprint density at radius 1 is 1.18 bits per heavy atom. The van der Waals surface area contributed by atoms with Gasteiger partial charge in [-0.25, -0.2) is 0 Å². The summed E-state index contributed by atoms with van der Waals surface area (Å²) in [5, 5.41) is 0. The molecular formula is C23H34N2O3. The van der Waals surface area contributed by atoms with Gasteiger partial charge < -0.3 is 14.4 Å². The van der Waals surface area contributed by atoms with E-state index in [1.54, 1.807) is 0 Å².